The Labute approximate surface area is 177 Å². The first-order chi connectivity index (χ1) is 14.1. The van der Waals surface area contributed by atoms with Crippen molar-refractivity contribution in [2.45, 2.75) is 32.9 Å². The number of ether oxygens (including phenoxy) is 1. The van der Waals surface area contributed by atoms with E-state index in [9.17, 15) is 14.9 Å². The molecule has 2 heterocycles. The van der Waals surface area contributed by atoms with Gasteiger partial charge in [-0.1, -0.05) is 22.7 Å². The maximum absolute atomic E-state index is 12.2. The van der Waals surface area contributed by atoms with E-state index < -0.39 is 16.7 Å². The van der Waals surface area contributed by atoms with Crippen molar-refractivity contribution in [1.82, 2.24) is 9.97 Å². The van der Waals surface area contributed by atoms with Crippen molar-refractivity contribution in [1.29, 1.82) is 0 Å². The summed E-state index contributed by atoms with van der Waals surface area (Å²) >= 11 is 6.22. The summed E-state index contributed by atoms with van der Waals surface area (Å²) in [6, 6.07) is 8.36. The lowest BCUT2D eigenvalue weighted by Gasteiger charge is -2.21. The predicted molar refractivity (Wildman–Crippen MR) is 114 cm³/mol. The number of nitrogens with zero attached hydrogens (tertiary/aromatic N) is 4. The minimum atomic E-state index is -0.721. The van der Waals surface area contributed by atoms with Gasteiger partial charge in [0.15, 0.2) is 5.03 Å². The van der Waals surface area contributed by atoms with E-state index in [1.807, 2.05) is 0 Å². The van der Waals surface area contributed by atoms with E-state index in [0.29, 0.717) is 21.5 Å². The van der Waals surface area contributed by atoms with E-state index in [-0.39, 0.29) is 17.9 Å². The molecule has 0 unspecified atom stereocenters. The molecule has 0 aliphatic rings. The number of anilines is 2. The van der Waals surface area contributed by atoms with Gasteiger partial charge in [0.05, 0.1) is 22.4 Å². The van der Waals surface area contributed by atoms with Crippen LogP contribution >= 0.6 is 11.6 Å². The summed E-state index contributed by atoms with van der Waals surface area (Å²) in [5, 5.41) is 15.9. The van der Waals surface area contributed by atoms with Crippen molar-refractivity contribution in [2.75, 3.05) is 10.3 Å². The van der Waals surface area contributed by atoms with Crippen LogP contribution in [0.4, 0.5) is 16.2 Å². The number of halogens is 1. The lowest BCUT2D eigenvalue weighted by Crippen LogP contribution is -2.31. The topological polar surface area (TPSA) is 110 Å². The second kappa shape index (κ2) is 8.50. The number of nitro groups is 1. The number of nitrogens with one attached hydrogen (secondary N) is 1. The third-order valence-electron chi connectivity index (χ3n) is 4.00. The number of carbonyl (C=O) groups excluding carboxylic acids is 1. The molecule has 1 N–H and O–H groups in total. The molecule has 2 aromatic heterocycles. The molecule has 0 aliphatic heterocycles. The second-order valence-electron chi connectivity index (χ2n) is 7.46. The van der Waals surface area contributed by atoms with Crippen LogP contribution in [0, 0.1) is 10.1 Å². The van der Waals surface area contributed by atoms with Gasteiger partial charge in [-0.05, 0) is 50.6 Å². The summed E-state index contributed by atoms with van der Waals surface area (Å²) in [7, 11) is 0. The van der Waals surface area contributed by atoms with Gasteiger partial charge in [0, 0.05) is 17.8 Å². The predicted octanol–water partition coefficient (Wildman–Crippen LogP) is 4.83. The quantitative estimate of drug-likeness (QED) is 0.456. The van der Waals surface area contributed by atoms with Crippen LogP contribution in [0.2, 0.25) is 5.02 Å². The molecule has 0 aliphatic carbocycles. The van der Waals surface area contributed by atoms with Crippen molar-refractivity contribution in [3.8, 4) is 0 Å². The van der Waals surface area contributed by atoms with Gasteiger partial charge in [0.2, 0.25) is 0 Å². The van der Waals surface area contributed by atoms with Crippen molar-refractivity contribution in [3.63, 3.8) is 0 Å². The van der Waals surface area contributed by atoms with E-state index in [4.69, 9.17) is 16.3 Å². The molecular weight excluding hydrogens is 410 g/mol. The Kier molecular flexibility index (Phi) is 6.02. The Morgan fingerprint density at radius 2 is 2.03 bits per heavy atom. The molecule has 0 atom stereocenters. The van der Waals surface area contributed by atoms with Gasteiger partial charge < -0.3 is 4.74 Å². The molecule has 1 aromatic carbocycles. The number of fused-ring (bicyclic) bond motifs is 1. The number of hydrazine groups is 1. The SMILES string of the molecule is CC(C)(C)OC(=O)Nc1ccncc1N(Cc1ccc2nccc(Cl)c2c1)[N+](=O)[O-]. The smallest absolute Gasteiger partial charge is 0.412 e. The molecular formula is C20H20ClN5O4. The number of aromatic nitrogens is 2. The number of pyridine rings is 2. The molecule has 0 saturated heterocycles. The molecule has 156 valence electrons. The van der Waals surface area contributed by atoms with Gasteiger partial charge in [0.25, 0.3) is 0 Å². The number of carbonyl (C=O) groups is 1. The van der Waals surface area contributed by atoms with E-state index in [0.717, 1.165) is 5.01 Å². The highest BCUT2D eigenvalue weighted by Gasteiger charge is 2.24. The Hall–Kier alpha value is -3.46. The molecule has 3 rings (SSSR count). The van der Waals surface area contributed by atoms with Crippen LogP contribution in [0.3, 0.4) is 0 Å². The van der Waals surface area contributed by atoms with E-state index in [1.165, 1.54) is 18.5 Å². The Bertz CT molecular complexity index is 1100. The summed E-state index contributed by atoms with van der Waals surface area (Å²) in [4.78, 5) is 32.2. The highest BCUT2D eigenvalue weighted by molar-refractivity contribution is 6.35. The standard InChI is InChI=1S/C20H20ClN5O4/c1-20(2,3)30-19(27)24-17-7-8-22-11-18(17)25(26(28)29)12-13-4-5-16-14(10-13)15(21)6-9-23-16/h4-11H,12H2,1-3H3,(H,22,24,27). The van der Waals surface area contributed by atoms with Gasteiger partial charge in [-0.15, -0.1) is 0 Å². The summed E-state index contributed by atoms with van der Waals surface area (Å²) in [5.74, 6) is 0. The molecule has 30 heavy (non-hydrogen) atoms. The van der Waals surface area contributed by atoms with Crippen molar-refractivity contribution in [2.24, 2.45) is 0 Å². The minimum Gasteiger partial charge on any atom is -0.444 e. The van der Waals surface area contributed by atoms with Gasteiger partial charge in [0.1, 0.15) is 17.8 Å². The summed E-state index contributed by atoms with van der Waals surface area (Å²) in [6.45, 7) is 5.10. The highest BCUT2D eigenvalue weighted by Crippen LogP contribution is 2.28. The zero-order chi connectivity index (χ0) is 21.9. The third-order valence-corrected chi connectivity index (χ3v) is 4.33. The monoisotopic (exact) mass is 429 g/mol. The third kappa shape index (κ3) is 5.12. The van der Waals surface area contributed by atoms with Crippen LogP contribution in [-0.4, -0.2) is 26.7 Å². The molecule has 0 fully saturated rings. The zero-order valence-electron chi connectivity index (χ0n) is 16.6. The van der Waals surface area contributed by atoms with Gasteiger partial charge >= 0.3 is 6.09 Å². The molecule has 10 heteroatoms. The van der Waals surface area contributed by atoms with Crippen molar-refractivity contribution >= 4 is 40.0 Å². The molecule has 1 amide bonds. The maximum Gasteiger partial charge on any atom is 0.412 e. The van der Waals surface area contributed by atoms with Gasteiger partial charge in [-0.25, -0.2) is 14.9 Å². The zero-order valence-corrected chi connectivity index (χ0v) is 17.4. The van der Waals surface area contributed by atoms with Crippen LogP contribution < -0.4 is 10.3 Å². The lowest BCUT2D eigenvalue weighted by molar-refractivity contribution is -0.496. The minimum absolute atomic E-state index is 0.0805. The van der Waals surface area contributed by atoms with Gasteiger partial charge in [-0.3, -0.25) is 15.3 Å². The number of benzene rings is 1. The van der Waals surface area contributed by atoms with E-state index in [2.05, 4.69) is 15.3 Å². The van der Waals surface area contributed by atoms with Crippen LogP contribution in [-0.2, 0) is 11.3 Å². The molecule has 9 nitrogen and oxygen atoms in total. The van der Waals surface area contributed by atoms with Crippen molar-refractivity contribution in [3.05, 3.63) is 69.6 Å². The fourth-order valence-electron chi connectivity index (χ4n) is 2.77. The summed E-state index contributed by atoms with van der Waals surface area (Å²) < 4.78 is 5.24. The Morgan fingerprint density at radius 3 is 2.73 bits per heavy atom. The lowest BCUT2D eigenvalue weighted by atomic mass is 10.1. The number of rotatable bonds is 5. The first kappa shape index (κ1) is 21.3. The fourth-order valence-corrected chi connectivity index (χ4v) is 2.98. The molecule has 0 bridgehead atoms. The van der Waals surface area contributed by atoms with E-state index in [1.54, 1.807) is 51.2 Å². The summed E-state index contributed by atoms with van der Waals surface area (Å²) in [6.07, 6.45) is 3.61. The first-order valence-corrected chi connectivity index (χ1v) is 9.41. The van der Waals surface area contributed by atoms with Crippen LogP contribution in [0.15, 0.2) is 48.9 Å². The van der Waals surface area contributed by atoms with Crippen LogP contribution in [0.25, 0.3) is 10.9 Å². The van der Waals surface area contributed by atoms with E-state index >= 15 is 0 Å². The van der Waals surface area contributed by atoms with Crippen LogP contribution in [0.1, 0.15) is 26.3 Å². The van der Waals surface area contributed by atoms with Crippen molar-refractivity contribution < 1.29 is 14.6 Å². The highest BCUT2D eigenvalue weighted by atomic mass is 35.5. The molecule has 0 spiro atoms. The fraction of sp³-hybridized carbons (Fsp3) is 0.250. The maximum atomic E-state index is 12.2. The molecule has 3 aromatic rings. The normalized spacial score (nSPS) is 11.2. The Morgan fingerprint density at radius 1 is 1.27 bits per heavy atom. The number of hydrogen-bond donors (Lipinski definition) is 1. The first-order valence-electron chi connectivity index (χ1n) is 9.03. The van der Waals surface area contributed by atoms with Gasteiger partial charge in [-0.2, -0.15) is 0 Å². The molecule has 0 saturated carbocycles. The number of amides is 1. The van der Waals surface area contributed by atoms with Crippen LogP contribution in [0.5, 0.6) is 0 Å². The average molecular weight is 430 g/mol. The largest absolute Gasteiger partial charge is 0.444 e. The Balaban J connectivity index is 1.91. The summed E-state index contributed by atoms with van der Waals surface area (Å²) in [5.41, 5.74) is 0.939. The molecule has 0 radical (unpaired) electrons. The average Bonchev–Trinajstić information content (AvgIpc) is 2.65. The number of hydrogen-bond acceptors (Lipinski definition) is 6. The second-order valence-corrected chi connectivity index (χ2v) is 7.87.